The number of aliphatic hydroxyl groups is 1. The van der Waals surface area contributed by atoms with Crippen molar-refractivity contribution in [1.82, 2.24) is 4.98 Å². The highest BCUT2D eigenvalue weighted by Gasteiger charge is 2.42. The van der Waals surface area contributed by atoms with E-state index in [1.54, 1.807) is 30.5 Å². The third-order valence-electron chi connectivity index (χ3n) is 5.47. The van der Waals surface area contributed by atoms with Gasteiger partial charge < -0.3 is 10.1 Å². The van der Waals surface area contributed by atoms with Gasteiger partial charge in [-0.3, -0.25) is 20.2 Å². The zero-order valence-corrected chi connectivity index (χ0v) is 16.3. The third-order valence-corrected chi connectivity index (χ3v) is 5.47. The van der Waals surface area contributed by atoms with Crippen molar-refractivity contribution >= 4 is 16.6 Å². The predicted octanol–water partition coefficient (Wildman–Crippen LogP) is 4.59. The lowest BCUT2D eigenvalue weighted by Gasteiger charge is -2.25. The number of hydrogen-bond acceptors (Lipinski definition) is 5. The summed E-state index contributed by atoms with van der Waals surface area (Å²) in [4.78, 5) is 25.3. The highest BCUT2D eigenvalue weighted by molar-refractivity contribution is 5.84. The number of aromatic nitrogens is 1. The van der Waals surface area contributed by atoms with E-state index >= 15 is 0 Å². The number of non-ortho nitro benzene ring substituents is 1. The number of fused-ring (bicyclic) bond motifs is 1. The molecule has 8 nitrogen and oxygen atoms in total. The molecule has 31 heavy (non-hydrogen) atoms. The summed E-state index contributed by atoms with van der Waals surface area (Å²) in [5, 5.41) is 35.1. The van der Waals surface area contributed by atoms with E-state index in [-0.39, 0.29) is 11.3 Å². The van der Waals surface area contributed by atoms with E-state index in [1.165, 1.54) is 24.3 Å². The van der Waals surface area contributed by atoms with Gasteiger partial charge in [-0.25, -0.2) is 0 Å². The van der Waals surface area contributed by atoms with Crippen LogP contribution < -0.4 is 0 Å². The number of aliphatic hydroxyl groups excluding tert-OH is 1. The number of para-hydroxylation sites is 1. The monoisotopic (exact) mass is 417 g/mol. The van der Waals surface area contributed by atoms with Gasteiger partial charge in [-0.2, -0.15) is 0 Å². The molecular weight excluding hydrogens is 398 g/mol. The van der Waals surface area contributed by atoms with E-state index in [1.807, 2.05) is 30.3 Å². The fraction of sp³-hybridized carbons (Fsp3) is 0.130. The molecule has 156 valence electrons. The van der Waals surface area contributed by atoms with Crippen LogP contribution in [0.4, 0.5) is 5.69 Å². The van der Waals surface area contributed by atoms with E-state index in [2.05, 4.69) is 4.98 Å². The van der Waals surface area contributed by atoms with E-state index in [0.29, 0.717) is 11.1 Å². The Hall–Kier alpha value is -4.04. The van der Waals surface area contributed by atoms with Crippen LogP contribution in [0.15, 0.2) is 85.1 Å². The Balaban J connectivity index is 1.84. The maximum absolute atomic E-state index is 12.3. The first-order valence-corrected chi connectivity index (χ1v) is 9.64. The molecule has 0 bridgehead atoms. The number of nitrogens with zero attached hydrogens (tertiary/aromatic N) is 2. The summed E-state index contributed by atoms with van der Waals surface area (Å²) < 4.78 is 0. The van der Waals surface area contributed by atoms with Gasteiger partial charge in [-0.15, -0.1) is 0 Å². The lowest BCUT2D eigenvalue weighted by Crippen LogP contribution is -2.34. The molecule has 3 aromatic carbocycles. The van der Waals surface area contributed by atoms with E-state index in [4.69, 9.17) is 0 Å². The average Bonchev–Trinajstić information content (AvgIpc) is 3.21. The molecule has 4 aromatic rings. The number of nitrogens with one attached hydrogen (secondary N) is 1. The molecule has 0 saturated heterocycles. The topological polar surface area (TPSA) is 122 Å². The van der Waals surface area contributed by atoms with Crippen molar-refractivity contribution < 1.29 is 15.0 Å². The Kier molecular flexibility index (Phi) is 5.46. The molecule has 0 aliphatic rings. The Morgan fingerprint density at radius 1 is 0.806 bits per heavy atom. The Morgan fingerprint density at radius 3 is 2.10 bits per heavy atom. The molecule has 0 radical (unpaired) electrons. The maximum atomic E-state index is 12.3. The van der Waals surface area contributed by atoms with Gasteiger partial charge in [0.1, 0.15) is 6.10 Å². The van der Waals surface area contributed by atoms with Crippen LogP contribution in [0.2, 0.25) is 0 Å². The summed E-state index contributed by atoms with van der Waals surface area (Å²) in [6.07, 6.45) is 0.260. The minimum Gasteiger partial charge on any atom is -0.381 e. The summed E-state index contributed by atoms with van der Waals surface area (Å²) in [5.41, 5.74) is 2.32. The van der Waals surface area contributed by atoms with Crippen LogP contribution in [0, 0.1) is 20.2 Å². The summed E-state index contributed by atoms with van der Waals surface area (Å²) in [5.74, 6) is -0.752. The summed E-state index contributed by atoms with van der Waals surface area (Å²) in [6.45, 7) is 0. The minimum absolute atomic E-state index is 0.148. The van der Waals surface area contributed by atoms with Crippen molar-refractivity contribution in [1.29, 1.82) is 0 Å². The van der Waals surface area contributed by atoms with Gasteiger partial charge in [-0.1, -0.05) is 48.5 Å². The van der Waals surface area contributed by atoms with Crippen molar-refractivity contribution in [3.05, 3.63) is 122 Å². The van der Waals surface area contributed by atoms with Crippen molar-refractivity contribution in [2.45, 2.75) is 18.1 Å². The predicted molar refractivity (Wildman–Crippen MR) is 115 cm³/mol. The van der Waals surface area contributed by atoms with Gasteiger partial charge in [0.2, 0.25) is 0 Å². The number of H-pyrrole nitrogens is 1. The maximum Gasteiger partial charge on any atom is 0.269 e. The lowest BCUT2D eigenvalue weighted by atomic mass is 9.81. The number of hydrogen-bond donors (Lipinski definition) is 2. The van der Waals surface area contributed by atoms with Crippen LogP contribution in [0.3, 0.4) is 0 Å². The zero-order chi connectivity index (χ0) is 22.0. The van der Waals surface area contributed by atoms with Gasteiger partial charge in [0.25, 0.3) is 11.7 Å². The van der Waals surface area contributed by atoms with Crippen molar-refractivity contribution in [3.63, 3.8) is 0 Å². The normalized spacial score (nSPS) is 14.1. The summed E-state index contributed by atoms with van der Waals surface area (Å²) >= 11 is 0. The quantitative estimate of drug-likeness (QED) is 0.336. The zero-order valence-electron chi connectivity index (χ0n) is 16.3. The fourth-order valence-corrected chi connectivity index (χ4v) is 3.98. The Morgan fingerprint density at radius 2 is 1.45 bits per heavy atom. The minimum atomic E-state index is -1.48. The molecule has 0 amide bonds. The second-order valence-electron chi connectivity index (χ2n) is 7.25. The number of nitro groups is 2. The molecule has 4 rings (SSSR count). The first kappa shape index (κ1) is 20.2. The van der Waals surface area contributed by atoms with Gasteiger partial charge in [0.15, 0.2) is 0 Å². The molecule has 0 aliphatic carbocycles. The van der Waals surface area contributed by atoms with Crippen LogP contribution in [-0.2, 0) is 0 Å². The molecule has 1 aromatic heterocycles. The first-order chi connectivity index (χ1) is 15.0. The largest absolute Gasteiger partial charge is 0.381 e. The Bertz CT molecular complexity index is 1220. The van der Waals surface area contributed by atoms with Gasteiger partial charge >= 0.3 is 0 Å². The van der Waals surface area contributed by atoms with Crippen molar-refractivity contribution in [3.8, 4) is 0 Å². The molecule has 3 atom stereocenters. The van der Waals surface area contributed by atoms with Crippen LogP contribution in [0.5, 0.6) is 0 Å². The van der Waals surface area contributed by atoms with Crippen molar-refractivity contribution in [2.24, 2.45) is 0 Å². The van der Waals surface area contributed by atoms with Crippen LogP contribution in [0.1, 0.15) is 28.7 Å². The standard InChI is InChI=1S/C23H19N3O5/c27-23(16-10-12-17(13-11-16)25(28)29)22(26(30)31)21(15-6-2-1-3-7-15)19-14-24-20-9-5-4-8-18(19)20/h1-14,21-24,27H/t21-,22+,23+/m1/s1. The van der Waals surface area contributed by atoms with Crippen molar-refractivity contribution in [2.75, 3.05) is 0 Å². The molecule has 0 unspecified atom stereocenters. The lowest BCUT2D eigenvalue weighted by molar-refractivity contribution is -0.538. The molecule has 0 spiro atoms. The van der Waals surface area contributed by atoms with E-state index < -0.39 is 27.9 Å². The highest BCUT2D eigenvalue weighted by atomic mass is 16.6. The molecule has 0 saturated carbocycles. The van der Waals surface area contributed by atoms with Crippen LogP contribution in [-0.4, -0.2) is 26.0 Å². The third kappa shape index (κ3) is 3.88. The highest BCUT2D eigenvalue weighted by Crippen LogP contribution is 2.39. The molecular formula is C23H19N3O5. The summed E-state index contributed by atoms with van der Waals surface area (Å²) in [7, 11) is 0. The van der Waals surface area contributed by atoms with Gasteiger partial charge in [0, 0.05) is 34.2 Å². The number of rotatable bonds is 7. The average molecular weight is 417 g/mol. The molecule has 2 N–H and O–H groups in total. The second kappa shape index (κ2) is 8.37. The Labute approximate surface area is 177 Å². The first-order valence-electron chi connectivity index (χ1n) is 9.64. The van der Waals surface area contributed by atoms with E-state index in [9.17, 15) is 25.3 Å². The number of benzene rings is 3. The molecule has 1 heterocycles. The fourth-order valence-electron chi connectivity index (χ4n) is 3.98. The number of nitro benzene ring substituents is 1. The van der Waals surface area contributed by atoms with Gasteiger partial charge in [-0.05, 0) is 34.9 Å². The smallest absolute Gasteiger partial charge is 0.269 e. The van der Waals surface area contributed by atoms with E-state index in [0.717, 1.165) is 10.9 Å². The van der Waals surface area contributed by atoms with Crippen LogP contribution >= 0.6 is 0 Å². The summed E-state index contributed by atoms with van der Waals surface area (Å²) in [6, 6.07) is 20.3. The SMILES string of the molecule is O=[N+]([O-])c1ccc([C@H](O)[C@H]([C@H](c2ccccc2)c2c[nH]c3ccccc23)[N+](=O)[O-])cc1. The molecule has 0 aliphatic heterocycles. The molecule has 8 heteroatoms. The van der Waals surface area contributed by atoms with Gasteiger partial charge in [0.05, 0.1) is 10.8 Å². The second-order valence-corrected chi connectivity index (χ2v) is 7.25. The molecule has 0 fully saturated rings. The number of aromatic amines is 1. The van der Waals surface area contributed by atoms with Crippen LogP contribution in [0.25, 0.3) is 10.9 Å².